The smallest absolute Gasteiger partial charge is 0.130 e. The molecular weight excluding hydrogens is 319 g/mol. The Labute approximate surface area is 132 Å². The zero-order valence-corrected chi connectivity index (χ0v) is 13.4. The largest absolute Gasteiger partial charge is 0.271 e. The summed E-state index contributed by atoms with van der Waals surface area (Å²) in [5.41, 5.74) is 5.57. The van der Waals surface area contributed by atoms with Crippen LogP contribution in [0.4, 0.5) is 0 Å². The summed E-state index contributed by atoms with van der Waals surface area (Å²) in [7, 11) is 1.81. The van der Waals surface area contributed by atoms with Crippen LogP contribution >= 0.6 is 34.8 Å². The minimum absolute atomic E-state index is 0.120. The number of rotatable bonds is 4. The van der Waals surface area contributed by atoms with Crippen molar-refractivity contribution < 1.29 is 0 Å². The Morgan fingerprint density at radius 1 is 1.30 bits per heavy atom. The number of hydrogen-bond donors (Lipinski definition) is 2. The van der Waals surface area contributed by atoms with Gasteiger partial charge in [0.25, 0.3) is 0 Å². The third-order valence-electron chi connectivity index (χ3n) is 3.23. The first-order valence-electron chi connectivity index (χ1n) is 6.03. The van der Waals surface area contributed by atoms with Gasteiger partial charge >= 0.3 is 0 Å². The van der Waals surface area contributed by atoms with Crippen LogP contribution in [-0.2, 0) is 13.5 Å². The molecule has 0 aliphatic heterocycles. The monoisotopic (exact) mass is 332 g/mol. The summed E-state index contributed by atoms with van der Waals surface area (Å²) in [6.45, 7) is 1.92. The van der Waals surface area contributed by atoms with Crippen molar-refractivity contribution in [2.24, 2.45) is 12.9 Å². The van der Waals surface area contributed by atoms with Gasteiger partial charge in [-0.3, -0.25) is 16.0 Å². The van der Waals surface area contributed by atoms with Crippen molar-refractivity contribution in [2.45, 2.75) is 19.4 Å². The lowest BCUT2D eigenvalue weighted by Crippen LogP contribution is -2.29. The van der Waals surface area contributed by atoms with Crippen molar-refractivity contribution in [3.8, 4) is 0 Å². The third-order valence-corrected chi connectivity index (χ3v) is 4.44. The number of hydrogen-bond acceptors (Lipinski definition) is 3. The molecule has 1 heterocycles. The SMILES string of the molecule is Cc1nn(C)c(Cl)c1CC(NN)c1ccc(Cl)c(Cl)c1. The highest BCUT2D eigenvalue weighted by Crippen LogP contribution is 2.29. The zero-order chi connectivity index (χ0) is 14.9. The number of nitrogens with one attached hydrogen (secondary N) is 1. The van der Waals surface area contributed by atoms with Crippen LogP contribution in [0.15, 0.2) is 18.2 Å². The summed E-state index contributed by atoms with van der Waals surface area (Å²) >= 11 is 18.2. The molecule has 1 unspecified atom stereocenters. The van der Waals surface area contributed by atoms with E-state index in [1.807, 2.05) is 20.0 Å². The Morgan fingerprint density at radius 3 is 2.50 bits per heavy atom. The molecule has 0 fully saturated rings. The maximum absolute atomic E-state index is 6.24. The van der Waals surface area contributed by atoms with Gasteiger partial charge in [-0.25, -0.2) is 0 Å². The molecule has 2 aromatic rings. The summed E-state index contributed by atoms with van der Waals surface area (Å²) in [4.78, 5) is 0. The van der Waals surface area contributed by atoms with Crippen molar-refractivity contribution in [3.05, 3.63) is 50.2 Å². The number of aryl methyl sites for hydroxylation is 2. The summed E-state index contributed by atoms with van der Waals surface area (Å²) in [5, 5.41) is 5.92. The second kappa shape index (κ2) is 6.33. The first-order valence-corrected chi connectivity index (χ1v) is 7.16. The number of nitrogens with two attached hydrogens (primary N) is 1. The van der Waals surface area contributed by atoms with Gasteiger partial charge in [0.15, 0.2) is 0 Å². The lowest BCUT2D eigenvalue weighted by molar-refractivity contribution is 0.551. The van der Waals surface area contributed by atoms with E-state index in [1.54, 1.807) is 16.8 Å². The van der Waals surface area contributed by atoms with Gasteiger partial charge in [-0.2, -0.15) is 5.10 Å². The summed E-state index contributed by atoms with van der Waals surface area (Å²) in [5.74, 6) is 5.65. The Kier molecular flexibility index (Phi) is 4.94. The van der Waals surface area contributed by atoms with E-state index in [9.17, 15) is 0 Å². The first kappa shape index (κ1) is 15.6. The maximum atomic E-state index is 6.24. The molecule has 20 heavy (non-hydrogen) atoms. The van der Waals surface area contributed by atoms with E-state index in [4.69, 9.17) is 40.6 Å². The maximum Gasteiger partial charge on any atom is 0.130 e. The Hall–Kier alpha value is -0.780. The second-order valence-corrected chi connectivity index (χ2v) is 5.75. The molecule has 0 amide bonds. The van der Waals surface area contributed by atoms with Gasteiger partial charge in [-0.15, -0.1) is 0 Å². The molecule has 4 nitrogen and oxygen atoms in total. The number of halogens is 3. The average Bonchev–Trinajstić information content (AvgIpc) is 2.65. The predicted molar refractivity (Wildman–Crippen MR) is 83.2 cm³/mol. The lowest BCUT2D eigenvalue weighted by Gasteiger charge is -2.17. The highest BCUT2D eigenvalue weighted by Gasteiger charge is 2.18. The predicted octanol–water partition coefficient (Wildman–Crippen LogP) is 3.44. The van der Waals surface area contributed by atoms with E-state index < -0.39 is 0 Å². The van der Waals surface area contributed by atoms with Crippen LogP contribution in [0.5, 0.6) is 0 Å². The summed E-state index contributed by atoms with van der Waals surface area (Å²) < 4.78 is 1.65. The molecule has 2 rings (SSSR count). The van der Waals surface area contributed by atoms with Crippen molar-refractivity contribution in [3.63, 3.8) is 0 Å². The zero-order valence-electron chi connectivity index (χ0n) is 11.1. The van der Waals surface area contributed by atoms with Crippen LogP contribution in [-0.4, -0.2) is 9.78 Å². The Balaban J connectivity index is 2.31. The fraction of sp³-hybridized carbons (Fsp3) is 0.308. The van der Waals surface area contributed by atoms with E-state index in [0.29, 0.717) is 21.6 Å². The van der Waals surface area contributed by atoms with Crippen molar-refractivity contribution in [2.75, 3.05) is 0 Å². The van der Waals surface area contributed by atoms with E-state index >= 15 is 0 Å². The van der Waals surface area contributed by atoms with Gasteiger partial charge < -0.3 is 0 Å². The number of nitrogens with zero attached hydrogens (tertiary/aromatic N) is 2. The molecule has 0 bridgehead atoms. The molecule has 0 saturated carbocycles. The van der Waals surface area contributed by atoms with E-state index in [-0.39, 0.29) is 6.04 Å². The van der Waals surface area contributed by atoms with Crippen molar-refractivity contribution in [1.29, 1.82) is 0 Å². The standard InChI is InChI=1S/C13H15Cl3N4/c1-7-9(13(16)20(2)19-7)6-12(18-17)8-3-4-10(14)11(15)5-8/h3-5,12,18H,6,17H2,1-2H3. The molecular formula is C13H15Cl3N4. The van der Waals surface area contributed by atoms with E-state index in [1.165, 1.54) is 0 Å². The molecule has 0 saturated heterocycles. The average molecular weight is 334 g/mol. The van der Waals surface area contributed by atoms with E-state index in [2.05, 4.69) is 10.5 Å². The molecule has 3 N–H and O–H groups in total. The highest BCUT2D eigenvalue weighted by atomic mass is 35.5. The van der Waals surface area contributed by atoms with E-state index in [0.717, 1.165) is 16.8 Å². The Morgan fingerprint density at radius 2 is 2.00 bits per heavy atom. The van der Waals surface area contributed by atoms with Crippen molar-refractivity contribution >= 4 is 34.8 Å². The quantitative estimate of drug-likeness (QED) is 0.665. The minimum Gasteiger partial charge on any atom is -0.271 e. The number of aromatic nitrogens is 2. The van der Waals surface area contributed by atoms with Crippen LogP contribution in [0.2, 0.25) is 15.2 Å². The van der Waals surface area contributed by atoms with Gasteiger partial charge in [0.2, 0.25) is 0 Å². The van der Waals surface area contributed by atoms with Crippen LogP contribution in [0.25, 0.3) is 0 Å². The van der Waals surface area contributed by atoms with Crippen molar-refractivity contribution in [1.82, 2.24) is 15.2 Å². The molecule has 7 heteroatoms. The summed E-state index contributed by atoms with van der Waals surface area (Å²) in [6, 6.07) is 5.32. The summed E-state index contributed by atoms with van der Waals surface area (Å²) in [6.07, 6.45) is 0.618. The minimum atomic E-state index is -0.120. The molecule has 0 radical (unpaired) electrons. The second-order valence-electron chi connectivity index (χ2n) is 4.58. The van der Waals surface area contributed by atoms with Gasteiger partial charge in [-0.1, -0.05) is 40.9 Å². The highest BCUT2D eigenvalue weighted by molar-refractivity contribution is 6.42. The van der Waals surface area contributed by atoms with Crippen LogP contribution in [0, 0.1) is 6.92 Å². The first-order chi connectivity index (χ1) is 9.43. The fourth-order valence-electron chi connectivity index (χ4n) is 2.11. The van der Waals surface area contributed by atoms with Crippen LogP contribution < -0.4 is 11.3 Å². The molecule has 0 aliphatic carbocycles. The molecule has 1 aromatic carbocycles. The fourth-order valence-corrected chi connectivity index (χ4v) is 2.67. The van der Waals surface area contributed by atoms with Gasteiger partial charge in [0.1, 0.15) is 5.15 Å². The molecule has 108 valence electrons. The van der Waals surface area contributed by atoms with Gasteiger partial charge in [0, 0.05) is 12.6 Å². The van der Waals surface area contributed by atoms with Gasteiger partial charge in [-0.05, 0) is 31.0 Å². The topological polar surface area (TPSA) is 55.9 Å². The number of hydrazine groups is 1. The van der Waals surface area contributed by atoms with Crippen LogP contribution in [0.1, 0.15) is 22.9 Å². The van der Waals surface area contributed by atoms with Crippen LogP contribution in [0.3, 0.4) is 0 Å². The Bertz CT molecular complexity index is 624. The van der Waals surface area contributed by atoms with Gasteiger partial charge in [0.05, 0.1) is 21.8 Å². The molecule has 1 aromatic heterocycles. The lowest BCUT2D eigenvalue weighted by atomic mass is 10.00. The third kappa shape index (κ3) is 3.10. The molecule has 0 aliphatic rings. The normalized spacial score (nSPS) is 12.7. The number of benzene rings is 1. The molecule has 1 atom stereocenters. The molecule has 0 spiro atoms.